The number of hydrogen-bond donors (Lipinski definition) is 1. The molecule has 0 spiro atoms. The minimum Gasteiger partial charge on any atom is -0.435 e. The van der Waals surface area contributed by atoms with E-state index in [1.54, 1.807) is 0 Å². The minimum atomic E-state index is -5.98. The van der Waals surface area contributed by atoms with Gasteiger partial charge in [-0.1, -0.05) is 23.7 Å². The predicted molar refractivity (Wildman–Crippen MR) is 157 cm³/mol. The van der Waals surface area contributed by atoms with Crippen molar-refractivity contribution in [1.29, 1.82) is 0 Å². The maximum absolute atomic E-state index is 14.5. The van der Waals surface area contributed by atoms with Gasteiger partial charge >= 0.3 is 18.7 Å². The third-order valence-corrected chi connectivity index (χ3v) is 7.27. The van der Waals surface area contributed by atoms with Gasteiger partial charge in [0.15, 0.2) is 11.6 Å². The van der Waals surface area contributed by atoms with Crippen LogP contribution in [0.25, 0.3) is 5.82 Å². The van der Waals surface area contributed by atoms with Crippen LogP contribution in [0.2, 0.25) is 5.02 Å². The van der Waals surface area contributed by atoms with E-state index in [1.807, 2.05) is 0 Å². The Labute approximate surface area is 280 Å². The van der Waals surface area contributed by atoms with Crippen molar-refractivity contribution in [3.8, 4) is 11.6 Å². The number of hydrogen-bond acceptors (Lipinski definition) is 8. The van der Waals surface area contributed by atoms with Gasteiger partial charge in [0.25, 0.3) is 11.7 Å². The maximum Gasteiger partial charge on any atom is 0.461 e. The average Bonchev–Trinajstić information content (AvgIpc) is 3.68. The van der Waals surface area contributed by atoms with Crippen LogP contribution < -0.4 is 10.1 Å². The molecule has 3 heterocycles. The van der Waals surface area contributed by atoms with Crippen LogP contribution in [0.4, 0.5) is 35.1 Å². The molecule has 3 aromatic heterocycles. The number of tetrazole rings is 1. The SMILES string of the molecule is Cc1cc(F)cc(C(=O)NCc2cccc(OC(F)F)c2)c1CC(=O)c1cc(Cn2nnc(C(F)(F)C(F)(F)F)n2)nn1-c1ncccc1Cl. The van der Waals surface area contributed by atoms with Crippen molar-refractivity contribution in [3.05, 3.63) is 111 Å². The van der Waals surface area contributed by atoms with Crippen molar-refractivity contribution in [1.82, 2.24) is 40.3 Å². The molecule has 1 amide bonds. The summed E-state index contributed by atoms with van der Waals surface area (Å²) >= 11 is 6.29. The van der Waals surface area contributed by atoms with E-state index in [1.165, 1.54) is 49.5 Å². The zero-order valence-electron chi connectivity index (χ0n) is 25.2. The second-order valence-electron chi connectivity index (χ2n) is 10.5. The molecule has 0 saturated heterocycles. The van der Waals surface area contributed by atoms with Gasteiger partial charge in [-0.15, -0.1) is 10.2 Å². The van der Waals surface area contributed by atoms with Crippen molar-refractivity contribution < 1.29 is 49.4 Å². The lowest BCUT2D eigenvalue weighted by molar-refractivity contribution is -0.292. The first-order valence-electron chi connectivity index (χ1n) is 14.1. The lowest BCUT2D eigenvalue weighted by Gasteiger charge is -2.14. The predicted octanol–water partition coefficient (Wildman–Crippen LogP) is 6.01. The fourth-order valence-corrected chi connectivity index (χ4v) is 4.88. The van der Waals surface area contributed by atoms with Gasteiger partial charge < -0.3 is 10.1 Å². The first kappa shape index (κ1) is 35.8. The summed E-state index contributed by atoms with van der Waals surface area (Å²) < 4.78 is 111. The van der Waals surface area contributed by atoms with Gasteiger partial charge in [0, 0.05) is 24.7 Å². The maximum atomic E-state index is 14.5. The number of Topliss-reactive ketones (excluding diaryl/α,β-unsaturated/α-hetero) is 1. The molecule has 0 fully saturated rings. The Morgan fingerprint density at radius 1 is 1.02 bits per heavy atom. The molecular formula is C30H21ClF8N8O3. The molecule has 0 aliphatic carbocycles. The molecular weight excluding hydrogens is 708 g/mol. The van der Waals surface area contributed by atoms with Crippen molar-refractivity contribution >= 4 is 23.3 Å². The molecule has 0 unspecified atom stereocenters. The summed E-state index contributed by atoms with van der Waals surface area (Å²) in [5.41, 5.74) is 0.142. The van der Waals surface area contributed by atoms with E-state index in [4.69, 9.17) is 11.6 Å². The number of alkyl halides is 7. The Morgan fingerprint density at radius 2 is 1.78 bits per heavy atom. The summed E-state index contributed by atoms with van der Waals surface area (Å²) in [6, 6.07) is 11.6. The number of aryl methyl sites for hydroxylation is 1. The van der Waals surface area contributed by atoms with Crippen LogP contribution in [0, 0.1) is 12.7 Å². The molecule has 20 heteroatoms. The number of carbonyl (C=O) groups excluding carboxylic acids is 2. The standard InChI is InChI=1S/C30H21ClF8N8O3/c1-15-8-17(32)10-21(26(49)41-13-16-4-2-5-19(9-16)50-28(33)34)20(15)12-24(48)23-11-18(43-47(23)25-22(31)6-3-7-40-25)14-46-44-27(42-45-46)29(35,36)30(37,38)39/h2-11,28H,12-14H2,1H3,(H,41,49). The number of aromatic nitrogens is 7. The van der Waals surface area contributed by atoms with Crippen LogP contribution in [-0.4, -0.2) is 59.4 Å². The Balaban J connectivity index is 1.44. The number of nitrogens with one attached hydrogen (secondary N) is 1. The summed E-state index contributed by atoms with van der Waals surface area (Å²) in [4.78, 5) is 31.6. The van der Waals surface area contributed by atoms with Gasteiger partial charge in [0.2, 0.25) is 0 Å². The third kappa shape index (κ3) is 7.88. The number of halogens is 9. The average molecular weight is 729 g/mol. The monoisotopic (exact) mass is 728 g/mol. The van der Waals surface area contributed by atoms with Crippen LogP contribution in [0.3, 0.4) is 0 Å². The smallest absolute Gasteiger partial charge is 0.435 e. The van der Waals surface area contributed by atoms with Gasteiger partial charge in [0.05, 0.1) is 10.7 Å². The second kappa shape index (κ2) is 14.2. The minimum absolute atomic E-state index is 0.0169. The highest BCUT2D eigenvalue weighted by atomic mass is 35.5. The quantitative estimate of drug-likeness (QED) is 0.122. The molecule has 0 aliphatic heterocycles. The van der Waals surface area contributed by atoms with E-state index in [2.05, 4.69) is 35.5 Å². The fraction of sp³-hybridized carbons (Fsp3) is 0.233. The van der Waals surface area contributed by atoms with E-state index in [9.17, 15) is 44.7 Å². The van der Waals surface area contributed by atoms with Crippen molar-refractivity contribution in [2.24, 2.45) is 0 Å². The first-order valence-corrected chi connectivity index (χ1v) is 14.5. The number of rotatable bonds is 12. The van der Waals surface area contributed by atoms with Crippen molar-refractivity contribution in [3.63, 3.8) is 0 Å². The van der Waals surface area contributed by atoms with Gasteiger partial charge in [-0.05, 0) is 71.3 Å². The van der Waals surface area contributed by atoms with E-state index in [0.29, 0.717) is 10.4 Å². The molecule has 2 aromatic carbocycles. The lowest BCUT2D eigenvalue weighted by Crippen LogP contribution is -2.35. The zero-order chi connectivity index (χ0) is 36.4. The largest absolute Gasteiger partial charge is 0.461 e. The van der Waals surface area contributed by atoms with Gasteiger partial charge in [-0.2, -0.15) is 40.6 Å². The number of benzene rings is 2. The van der Waals surface area contributed by atoms with Crippen molar-refractivity contribution in [2.75, 3.05) is 0 Å². The summed E-state index contributed by atoms with van der Waals surface area (Å²) in [6.07, 6.45) is -5.18. The molecule has 50 heavy (non-hydrogen) atoms. The van der Waals surface area contributed by atoms with Crippen LogP contribution >= 0.6 is 11.6 Å². The van der Waals surface area contributed by atoms with E-state index >= 15 is 0 Å². The number of ketones is 1. The second-order valence-corrected chi connectivity index (χ2v) is 10.9. The summed E-state index contributed by atoms with van der Waals surface area (Å²) in [6.45, 7) is -2.41. The zero-order valence-corrected chi connectivity index (χ0v) is 26.0. The third-order valence-electron chi connectivity index (χ3n) is 6.97. The number of carbonyl (C=O) groups is 2. The van der Waals surface area contributed by atoms with E-state index in [-0.39, 0.29) is 51.2 Å². The Morgan fingerprint density at radius 3 is 2.48 bits per heavy atom. The van der Waals surface area contributed by atoms with E-state index in [0.717, 1.165) is 22.9 Å². The number of pyridine rings is 1. The molecule has 262 valence electrons. The molecule has 0 aliphatic rings. The van der Waals surface area contributed by atoms with Crippen molar-refractivity contribution in [2.45, 2.75) is 45.1 Å². The topological polar surface area (TPSA) is 130 Å². The number of ether oxygens (including phenoxy) is 1. The summed E-state index contributed by atoms with van der Waals surface area (Å²) in [5.74, 6) is -9.82. The molecule has 0 atom stereocenters. The highest BCUT2D eigenvalue weighted by Gasteiger charge is 2.62. The van der Waals surface area contributed by atoms with Crippen LogP contribution in [0.1, 0.15) is 49.1 Å². The van der Waals surface area contributed by atoms with Crippen LogP contribution in [0.5, 0.6) is 5.75 Å². The lowest BCUT2D eigenvalue weighted by atomic mass is 9.95. The Kier molecular flexibility index (Phi) is 10.2. The fourth-order valence-electron chi connectivity index (χ4n) is 4.68. The summed E-state index contributed by atoms with van der Waals surface area (Å²) in [7, 11) is 0. The van der Waals surface area contributed by atoms with Crippen LogP contribution in [0.15, 0.2) is 60.8 Å². The molecule has 5 aromatic rings. The molecule has 0 bridgehead atoms. The van der Waals surface area contributed by atoms with Crippen LogP contribution in [-0.2, 0) is 25.4 Å². The highest BCUT2D eigenvalue weighted by Crippen LogP contribution is 2.42. The molecule has 1 N–H and O–H groups in total. The first-order chi connectivity index (χ1) is 23.5. The van der Waals surface area contributed by atoms with Gasteiger partial charge in [0.1, 0.15) is 23.8 Å². The number of amides is 1. The van der Waals surface area contributed by atoms with Gasteiger partial charge in [-0.25, -0.2) is 14.1 Å². The Bertz CT molecular complexity index is 2050. The normalized spacial score (nSPS) is 12.0. The molecule has 5 rings (SSSR count). The highest BCUT2D eigenvalue weighted by molar-refractivity contribution is 6.32. The molecule has 0 radical (unpaired) electrons. The van der Waals surface area contributed by atoms with Gasteiger partial charge in [-0.3, -0.25) is 9.59 Å². The summed E-state index contributed by atoms with van der Waals surface area (Å²) in [5, 5.41) is 16.0. The molecule has 0 saturated carbocycles. The number of nitrogens with zero attached hydrogens (tertiary/aromatic N) is 7. The van der Waals surface area contributed by atoms with E-state index < -0.39 is 55.0 Å². The molecule has 11 nitrogen and oxygen atoms in total. The Hall–Kier alpha value is -5.46.